The number of methoxy groups -OCH3 is 2. The molecule has 0 aromatic heterocycles. The number of phenols is 1. The summed E-state index contributed by atoms with van der Waals surface area (Å²) in [5.41, 5.74) is 3.66. The molecule has 0 radical (unpaired) electrons. The second-order valence-corrected chi connectivity index (χ2v) is 6.41. The summed E-state index contributed by atoms with van der Waals surface area (Å²) in [5, 5.41) is 9.42. The molecule has 0 saturated carbocycles. The lowest BCUT2D eigenvalue weighted by molar-refractivity contribution is 0.249. The first kappa shape index (κ1) is 17.4. The average Bonchev–Trinajstić information content (AvgIpc) is 2.64. The van der Waals surface area contributed by atoms with Gasteiger partial charge in [0.1, 0.15) is 5.75 Å². The van der Waals surface area contributed by atoms with Crippen molar-refractivity contribution < 1.29 is 14.6 Å². The fourth-order valence-corrected chi connectivity index (χ4v) is 3.26. The minimum atomic E-state index is 0.311. The molecule has 5 heteroatoms. The molecule has 1 saturated heterocycles. The number of aromatic hydroxyl groups is 1. The number of rotatable bonds is 5. The summed E-state index contributed by atoms with van der Waals surface area (Å²) in [5.74, 6) is 1.87. The van der Waals surface area contributed by atoms with Gasteiger partial charge in [-0.25, -0.2) is 0 Å². The lowest BCUT2D eigenvalue weighted by Gasteiger charge is -2.36. The van der Waals surface area contributed by atoms with E-state index < -0.39 is 0 Å². The van der Waals surface area contributed by atoms with Gasteiger partial charge in [-0.05, 0) is 54.4 Å². The Morgan fingerprint density at radius 2 is 1.52 bits per heavy atom. The Kier molecular flexibility index (Phi) is 5.34. The molecular formula is C20H26N2O3. The number of hydrogen-bond donors (Lipinski definition) is 1. The smallest absolute Gasteiger partial charge is 0.161 e. The molecule has 25 heavy (non-hydrogen) atoms. The predicted molar refractivity (Wildman–Crippen MR) is 99.9 cm³/mol. The first-order valence-electron chi connectivity index (χ1n) is 8.58. The van der Waals surface area contributed by atoms with Gasteiger partial charge in [0.25, 0.3) is 0 Å². The number of phenolic OH excluding ortho intramolecular Hbond substituents is 1. The SMILES string of the molecule is COc1cc(C)c(CN2CCN(c3ccc(O)cc3)CC2)cc1OC. The highest BCUT2D eigenvalue weighted by atomic mass is 16.5. The molecule has 1 fully saturated rings. The van der Waals surface area contributed by atoms with Crippen molar-refractivity contribution >= 4 is 5.69 Å². The van der Waals surface area contributed by atoms with E-state index in [9.17, 15) is 5.11 Å². The van der Waals surface area contributed by atoms with E-state index in [2.05, 4.69) is 22.8 Å². The lowest BCUT2D eigenvalue weighted by atomic mass is 10.1. The number of benzene rings is 2. The van der Waals surface area contributed by atoms with Crippen molar-refractivity contribution in [1.82, 2.24) is 4.90 Å². The Hall–Kier alpha value is -2.40. The van der Waals surface area contributed by atoms with Gasteiger partial charge in [-0.15, -0.1) is 0 Å². The Morgan fingerprint density at radius 3 is 2.12 bits per heavy atom. The summed E-state index contributed by atoms with van der Waals surface area (Å²) in [6.45, 7) is 7.01. The van der Waals surface area contributed by atoms with Crippen LogP contribution in [-0.4, -0.2) is 50.4 Å². The van der Waals surface area contributed by atoms with Crippen LogP contribution in [0.2, 0.25) is 0 Å². The molecule has 3 rings (SSSR count). The Bertz CT molecular complexity index is 708. The zero-order valence-electron chi connectivity index (χ0n) is 15.2. The largest absolute Gasteiger partial charge is 0.508 e. The number of ether oxygens (including phenoxy) is 2. The van der Waals surface area contributed by atoms with E-state index in [-0.39, 0.29) is 0 Å². The van der Waals surface area contributed by atoms with E-state index in [0.29, 0.717) is 5.75 Å². The van der Waals surface area contributed by atoms with Crippen LogP contribution in [0.1, 0.15) is 11.1 Å². The topological polar surface area (TPSA) is 45.2 Å². The van der Waals surface area contributed by atoms with Gasteiger partial charge in [-0.3, -0.25) is 4.90 Å². The third-order valence-electron chi connectivity index (χ3n) is 4.82. The molecule has 2 aromatic rings. The summed E-state index contributed by atoms with van der Waals surface area (Å²) >= 11 is 0. The summed E-state index contributed by atoms with van der Waals surface area (Å²) in [6, 6.07) is 11.6. The molecule has 2 aromatic carbocycles. The molecule has 134 valence electrons. The van der Waals surface area contributed by atoms with Crippen LogP contribution in [0.5, 0.6) is 17.2 Å². The Balaban J connectivity index is 1.63. The summed E-state index contributed by atoms with van der Waals surface area (Å²) < 4.78 is 10.8. The molecule has 0 spiro atoms. The number of anilines is 1. The number of nitrogens with zero attached hydrogens (tertiary/aromatic N) is 2. The van der Waals surface area contributed by atoms with Gasteiger partial charge in [0.2, 0.25) is 0 Å². The standard InChI is InChI=1S/C20H26N2O3/c1-15-12-19(24-2)20(25-3)13-16(15)14-21-8-10-22(11-9-21)17-4-6-18(23)7-5-17/h4-7,12-13,23H,8-11,14H2,1-3H3. The highest BCUT2D eigenvalue weighted by molar-refractivity contribution is 5.49. The van der Waals surface area contributed by atoms with Gasteiger partial charge in [-0.1, -0.05) is 0 Å². The van der Waals surface area contributed by atoms with Crippen molar-refractivity contribution in [2.24, 2.45) is 0 Å². The van der Waals surface area contributed by atoms with Crippen LogP contribution in [0.4, 0.5) is 5.69 Å². The minimum Gasteiger partial charge on any atom is -0.508 e. The van der Waals surface area contributed by atoms with Gasteiger partial charge in [0, 0.05) is 38.4 Å². The molecular weight excluding hydrogens is 316 g/mol. The maximum atomic E-state index is 9.42. The summed E-state index contributed by atoms with van der Waals surface area (Å²) in [4.78, 5) is 4.82. The van der Waals surface area contributed by atoms with Gasteiger partial charge in [-0.2, -0.15) is 0 Å². The maximum absolute atomic E-state index is 9.42. The van der Waals surface area contributed by atoms with E-state index in [0.717, 1.165) is 44.2 Å². The van der Waals surface area contributed by atoms with Crippen LogP contribution in [0, 0.1) is 6.92 Å². The van der Waals surface area contributed by atoms with Crippen molar-refractivity contribution in [3.63, 3.8) is 0 Å². The van der Waals surface area contributed by atoms with Crippen LogP contribution in [0.3, 0.4) is 0 Å². The van der Waals surface area contributed by atoms with Gasteiger partial charge in [0.15, 0.2) is 11.5 Å². The van der Waals surface area contributed by atoms with Gasteiger partial charge in [0.05, 0.1) is 14.2 Å². The van der Waals surface area contributed by atoms with Crippen molar-refractivity contribution in [3.05, 3.63) is 47.5 Å². The number of aryl methyl sites for hydroxylation is 1. The van der Waals surface area contributed by atoms with Crippen molar-refractivity contribution in [2.75, 3.05) is 45.3 Å². The molecule has 1 aliphatic heterocycles. The molecule has 0 aliphatic carbocycles. The normalized spacial score (nSPS) is 15.2. The first-order chi connectivity index (χ1) is 12.1. The lowest BCUT2D eigenvalue weighted by Crippen LogP contribution is -2.46. The van der Waals surface area contributed by atoms with E-state index in [1.807, 2.05) is 18.2 Å². The van der Waals surface area contributed by atoms with Crippen molar-refractivity contribution in [1.29, 1.82) is 0 Å². The van der Waals surface area contributed by atoms with Crippen LogP contribution in [0.25, 0.3) is 0 Å². The second-order valence-electron chi connectivity index (χ2n) is 6.41. The number of piperazine rings is 1. The minimum absolute atomic E-state index is 0.311. The molecule has 1 aliphatic rings. The summed E-state index contributed by atoms with van der Waals surface area (Å²) in [6.07, 6.45) is 0. The van der Waals surface area contributed by atoms with E-state index >= 15 is 0 Å². The molecule has 0 bridgehead atoms. The fourth-order valence-electron chi connectivity index (χ4n) is 3.26. The zero-order valence-corrected chi connectivity index (χ0v) is 15.2. The molecule has 0 amide bonds. The zero-order chi connectivity index (χ0) is 17.8. The third-order valence-corrected chi connectivity index (χ3v) is 4.82. The van der Waals surface area contributed by atoms with E-state index in [1.165, 1.54) is 16.8 Å². The third kappa shape index (κ3) is 3.99. The summed E-state index contributed by atoms with van der Waals surface area (Å²) in [7, 11) is 3.34. The second kappa shape index (κ2) is 7.66. The molecule has 0 unspecified atom stereocenters. The quantitative estimate of drug-likeness (QED) is 0.905. The molecule has 1 N–H and O–H groups in total. The highest BCUT2D eigenvalue weighted by Crippen LogP contribution is 2.31. The molecule has 0 atom stereocenters. The van der Waals surface area contributed by atoms with Gasteiger partial charge >= 0.3 is 0 Å². The maximum Gasteiger partial charge on any atom is 0.161 e. The Labute approximate surface area is 149 Å². The average molecular weight is 342 g/mol. The van der Waals surface area contributed by atoms with Crippen LogP contribution < -0.4 is 14.4 Å². The monoisotopic (exact) mass is 342 g/mol. The number of hydrogen-bond acceptors (Lipinski definition) is 5. The first-order valence-corrected chi connectivity index (χ1v) is 8.58. The van der Waals surface area contributed by atoms with Gasteiger partial charge < -0.3 is 19.5 Å². The van der Waals surface area contributed by atoms with Crippen LogP contribution in [0.15, 0.2) is 36.4 Å². The highest BCUT2D eigenvalue weighted by Gasteiger charge is 2.19. The van der Waals surface area contributed by atoms with E-state index in [1.54, 1.807) is 26.4 Å². The molecule has 5 nitrogen and oxygen atoms in total. The van der Waals surface area contributed by atoms with Crippen molar-refractivity contribution in [2.45, 2.75) is 13.5 Å². The molecule has 1 heterocycles. The van der Waals surface area contributed by atoms with Crippen LogP contribution >= 0.6 is 0 Å². The van der Waals surface area contributed by atoms with Crippen molar-refractivity contribution in [3.8, 4) is 17.2 Å². The fraction of sp³-hybridized carbons (Fsp3) is 0.400. The van der Waals surface area contributed by atoms with E-state index in [4.69, 9.17) is 9.47 Å². The Morgan fingerprint density at radius 1 is 0.920 bits per heavy atom. The predicted octanol–water partition coefficient (Wildman–Crippen LogP) is 3.04. The van der Waals surface area contributed by atoms with Crippen LogP contribution in [-0.2, 0) is 6.54 Å².